The molecule has 0 spiro atoms. The third-order valence-corrected chi connectivity index (χ3v) is 3.58. The van der Waals surface area contributed by atoms with Gasteiger partial charge in [0.15, 0.2) is 0 Å². The van der Waals surface area contributed by atoms with Gasteiger partial charge >= 0.3 is 0 Å². The summed E-state index contributed by atoms with van der Waals surface area (Å²) in [4.78, 5) is 23.6. The molecule has 21 heavy (non-hydrogen) atoms. The lowest BCUT2D eigenvalue weighted by Gasteiger charge is -2.12. The van der Waals surface area contributed by atoms with Gasteiger partial charge < -0.3 is 10.2 Å². The quantitative estimate of drug-likeness (QED) is 0.613. The Labute approximate surface area is 122 Å². The smallest absolute Gasteiger partial charge is 0.292 e. The summed E-state index contributed by atoms with van der Waals surface area (Å²) in [6, 6.07) is 3.93. The van der Waals surface area contributed by atoms with Gasteiger partial charge in [0.25, 0.3) is 11.6 Å². The molecule has 0 atom stereocenters. The van der Waals surface area contributed by atoms with Gasteiger partial charge in [0, 0.05) is 38.5 Å². The van der Waals surface area contributed by atoms with Crippen molar-refractivity contribution in [2.24, 2.45) is 0 Å². The number of nitrogens with zero attached hydrogens (tertiary/aromatic N) is 2. The molecule has 0 aliphatic carbocycles. The van der Waals surface area contributed by atoms with Crippen molar-refractivity contribution in [3.8, 4) is 0 Å². The Bertz CT molecular complexity index is 655. The molecule has 1 aromatic rings. The van der Waals surface area contributed by atoms with E-state index in [0.29, 0.717) is 0 Å². The lowest BCUT2D eigenvalue weighted by Crippen LogP contribution is -2.22. The van der Waals surface area contributed by atoms with E-state index < -0.39 is 14.8 Å². The van der Waals surface area contributed by atoms with Crippen molar-refractivity contribution in [2.45, 2.75) is 0 Å². The van der Waals surface area contributed by atoms with E-state index in [-0.39, 0.29) is 35.1 Å². The maximum Gasteiger partial charge on any atom is 0.292 e. The van der Waals surface area contributed by atoms with Gasteiger partial charge in [-0.2, -0.15) is 0 Å². The number of hydrogen-bond acceptors (Lipinski definition) is 6. The third-order valence-electron chi connectivity index (χ3n) is 2.63. The van der Waals surface area contributed by atoms with Crippen LogP contribution in [0.3, 0.4) is 0 Å². The van der Waals surface area contributed by atoms with Crippen LogP contribution in [0.4, 0.5) is 11.4 Å². The summed E-state index contributed by atoms with van der Waals surface area (Å²) < 4.78 is 22.1. The predicted octanol–water partition coefficient (Wildman–Crippen LogP) is 0.753. The Balaban J connectivity index is 3.04. The van der Waals surface area contributed by atoms with Gasteiger partial charge in [-0.05, 0) is 12.1 Å². The van der Waals surface area contributed by atoms with Crippen LogP contribution >= 0.6 is 0 Å². The SMILES string of the molecule is CN(C)C(=O)c1ccc([N+](=O)[O-])c(NCCS(C)(=O)=O)c1. The predicted molar refractivity (Wildman–Crippen MR) is 79.3 cm³/mol. The van der Waals surface area contributed by atoms with E-state index in [1.54, 1.807) is 14.1 Å². The van der Waals surface area contributed by atoms with E-state index in [2.05, 4.69) is 5.32 Å². The minimum Gasteiger partial charge on any atom is -0.378 e. The van der Waals surface area contributed by atoms with Gasteiger partial charge in [0.05, 0.1) is 10.7 Å². The van der Waals surface area contributed by atoms with Crippen molar-refractivity contribution < 1.29 is 18.1 Å². The molecule has 0 radical (unpaired) electrons. The van der Waals surface area contributed by atoms with Crippen molar-refractivity contribution >= 4 is 27.1 Å². The summed E-state index contributed by atoms with van der Waals surface area (Å²) in [7, 11) is -0.0349. The Hall–Kier alpha value is -2.16. The highest BCUT2D eigenvalue weighted by Gasteiger charge is 2.17. The number of nitrogens with one attached hydrogen (secondary N) is 1. The first-order chi connectivity index (χ1) is 9.61. The molecular formula is C12H17N3O5S. The van der Waals surface area contributed by atoms with Gasteiger partial charge in [0.2, 0.25) is 0 Å². The Kier molecular flexibility index (Phi) is 5.25. The zero-order chi connectivity index (χ0) is 16.2. The number of benzene rings is 1. The Morgan fingerprint density at radius 2 is 2.00 bits per heavy atom. The highest BCUT2D eigenvalue weighted by atomic mass is 32.2. The molecule has 0 fully saturated rings. The van der Waals surface area contributed by atoms with Crippen LogP contribution in [0.15, 0.2) is 18.2 Å². The molecule has 0 bridgehead atoms. The highest BCUT2D eigenvalue weighted by Crippen LogP contribution is 2.25. The number of carbonyl (C=O) groups excluding carboxylic acids is 1. The van der Waals surface area contributed by atoms with Crippen LogP contribution in [0.1, 0.15) is 10.4 Å². The number of amides is 1. The van der Waals surface area contributed by atoms with Crippen LogP contribution < -0.4 is 5.32 Å². The largest absolute Gasteiger partial charge is 0.378 e. The Morgan fingerprint density at radius 3 is 2.48 bits per heavy atom. The minimum atomic E-state index is -3.17. The summed E-state index contributed by atoms with van der Waals surface area (Å²) in [5, 5.41) is 13.6. The Morgan fingerprint density at radius 1 is 1.38 bits per heavy atom. The number of hydrogen-bond donors (Lipinski definition) is 1. The van der Waals surface area contributed by atoms with Crippen molar-refractivity contribution in [3.05, 3.63) is 33.9 Å². The maximum atomic E-state index is 11.8. The van der Waals surface area contributed by atoms with Crippen molar-refractivity contribution in [1.82, 2.24) is 4.90 Å². The fourth-order valence-corrected chi connectivity index (χ4v) is 2.07. The second-order valence-corrected chi connectivity index (χ2v) is 7.01. The monoisotopic (exact) mass is 315 g/mol. The molecule has 116 valence electrons. The fourth-order valence-electron chi connectivity index (χ4n) is 1.60. The molecule has 0 aliphatic heterocycles. The average Bonchev–Trinajstić information content (AvgIpc) is 2.35. The first-order valence-electron chi connectivity index (χ1n) is 6.03. The van der Waals surface area contributed by atoms with Crippen molar-refractivity contribution in [3.63, 3.8) is 0 Å². The number of nitro benzene ring substituents is 1. The van der Waals surface area contributed by atoms with E-state index in [9.17, 15) is 23.3 Å². The molecule has 1 rings (SSSR count). The standard InChI is InChI=1S/C12H17N3O5S/c1-14(2)12(16)9-4-5-11(15(17)18)10(8-9)13-6-7-21(3,19)20/h4-5,8,13H,6-7H2,1-3H3. The molecule has 0 saturated carbocycles. The summed E-state index contributed by atoms with van der Waals surface area (Å²) in [5.74, 6) is -0.452. The molecule has 0 saturated heterocycles. The van der Waals surface area contributed by atoms with Crippen LogP contribution in [-0.4, -0.2) is 56.8 Å². The van der Waals surface area contributed by atoms with Gasteiger partial charge in [0.1, 0.15) is 15.5 Å². The molecule has 1 N–H and O–H groups in total. The zero-order valence-electron chi connectivity index (χ0n) is 12.0. The fraction of sp³-hybridized carbons (Fsp3) is 0.417. The van der Waals surface area contributed by atoms with Gasteiger partial charge in [-0.15, -0.1) is 0 Å². The normalized spacial score (nSPS) is 11.0. The first-order valence-corrected chi connectivity index (χ1v) is 8.09. The minimum absolute atomic E-state index is 0.0271. The second kappa shape index (κ2) is 6.53. The third kappa shape index (κ3) is 5.03. The van der Waals surface area contributed by atoms with Gasteiger partial charge in [-0.25, -0.2) is 8.42 Å². The molecule has 1 aromatic carbocycles. The van der Waals surface area contributed by atoms with Crippen LogP contribution in [0, 0.1) is 10.1 Å². The van der Waals surface area contributed by atoms with E-state index in [0.717, 1.165) is 6.26 Å². The molecular weight excluding hydrogens is 298 g/mol. The van der Waals surface area contributed by atoms with Crippen molar-refractivity contribution in [2.75, 3.05) is 38.0 Å². The molecule has 0 aromatic heterocycles. The summed E-state index contributed by atoms with van der Waals surface area (Å²) in [6.45, 7) is 0.0271. The number of rotatable bonds is 6. The summed E-state index contributed by atoms with van der Waals surface area (Å²) in [5.41, 5.74) is 0.197. The lowest BCUT2D eigenvalue weighted by molar-refractivity contribution is -0.384. The average molecular weight is 315 g/mol. The van der Waals surface area contributed by atoms with Crippen LogP contribution in [0.25, 0.3) is 0 Å². The van der Waals surface area contributed by atoms with Gasteiger partial charge in [-0.3, -0.25) is 14.9 Å². The van der Waals surface area contributed by atoms with E-state index >= 15 is 0 Å². The molecule has 8 nitrogen and oxygen atoms in total. The van der Waals surface area contributed by atoms with E-state index in [1.165, 1.54) is 23.1 Å². The molecule has 0 heterocycles. The van der Waals surface area contributed by atoms with Gasteiger partial charge in [-0.1, -0.05) is 0 Å². The molecule has 1 amide bonds. The number of sulfone groups is 1. The summed E-state index contributed by atoms with van der Waals surface area (Å²) >= 11 is 0. The topological polar surface area (TPSA) is 110 Å². The number of nitro groups is 1. The zero-order valence-corrected chi connectivity index (χ0v) is 12.8. The van der Waals surface area contributed by atoms with Crippen LogP contribution in [0.2, 0.25) is 0 Å². The van der Waals surface area contributed by atoms with Crippen LogP contribution in [-0.2, 0) is 9.84 Å². The van der Waals surface area contributed by atoms with E-state index in [1.807, 2.05) is 0 Å². The molecule has 0 aliphatic rings. The first kappa shape index (κ1) is 16.9. The maximum absolute atomic E-state index is 11.8. The summed E-state index contributed by atoms with van der Waals surface area (Å²) in [6.07, 6.45) is 1.08. The lowest BCUT2D eigenvalue weighted by atomic mass is 10.1. The van der Waals surface area contributed by atoms with Crippen molar-refractivity contribution in [1.29, 1.82) is 0 Å². The highest BCUT2D eigenvalue weighted by molar-refractivity contribution is 7.90. The number of carbonyl (C=O) groups is 1. The van der Waals surface area contributed by atoms with Crippen LogP contribution in [0.5, 0.6) is 0 Å². The van der Waals surface area contributed by atoms with E-state index in [4.69, 9.17) is 0 Å². The molecule has 9 heteroatoms. The number of anilines is 1. The second-order valence-electron chi connectivity index (χ2n) is 4.75. The molecule has 0 unspecified atom stereocenters.